The normalized spacial score (nSPS) is 11.6. The number of fused-ring (bicyclic) bond motifs is 1. The van der Waals surface area contributed by atoms with Crippen molar-refractivity contribution in [2.75, 3.05) is 19.4 Å². The van der Waals surface area contributed by atoms with Crippen molar-refractivity contribution >= 4 is 45.1 Å². The Bertz CT molecular complexity index is 996. The molecular formula is C18H21Cl2N5O2S. The second kappa shape index (κ2) is 10.5. The predicted octanol–water partition coefficient (Wildman–Crippen LogP) is 4.15. The third-order valence-electron chi connectivity index (χ3n) is 3.76. The van der Waals surface area contributed by atoms with E-state index in [1.54, 1.807) is 24.7 Å². The molecule has 2 heterocycles. The minimum absolute atomic E-state index is 0.112. The molecule has 0 radical (unpaired) electrons. The lowest BCUT2D eigenvalue weighted by atomic mass is 10.1. The zero-order chi connectivity index (χ0) is 20.7. The van der Waals surface area contributed by atoms with Gasteiger partial charge in [-0.1, -0.05) is 37.0 Å². The van der Waals surface area contributed by atoms with E-state index in [1.165, 1.54) is 0 Å². The van der Waals surface area contributed by atoms with Crippen molar-refractivity contribution in [3.05, 3.63) is 34.7 Å². The van der Waals surface area contributed by atoms with E-state index in [1.807, 2.05) is 30.7 Å². The summed E-state index contributed by atoms with van der Waals surface area (Å²) in [4.78, 5) is 0. The maximum Gasteiger partial charge on any atom is 0.174 e. The topological polar surface area (TPSA) is 95.7 Å². The molecule has 0 fully saturated rings. The fraction of sp³-hybridized carbons (Fsp3) is 0.333. The summed E-state index contributed by atoms with van der Waals surface area (Å²) in [6.07, 6.45) is 6.93. The number of rotatable bonds is 7. The lowest BCUT2D eigenvalue weighted by Crippen LogP contribution is -2.20. The van der Waals surface area contributed by atoms with E-state index in [9.17, 15) is 4.21 Å². The molecule has 0 spiro atoms. The van der Waals surface area contributed by atoms with Crippen LogP contribution in [0.15, 0.2) is 24.7 Å². The van der Waals surface area contributed by atoms with Crippen molar-refractivity contribution in [3.63, 3.8) is 0 Å². The first-order valence-corrected chi connectivity index (χ1v) is 10.9. The predicted molar refractivity (Wildman–Crippen MR) is 114 cm³/mol. The highest BCUT2D eigenvalue weighted by Crippen LogP contribution is 2.43. The number of nitriles is 1. The standard InChI is InChI=1S/C16H15Cl2N5O2S.C2H6/c1-26(24)22-3-4-23-9-11(10-7-20-21-8-10)14-13(25-5-2-19)6-12(17)15(18)16(14)23;1-2/h6-9,22H,3-5H2,1H3,(H,20,21);1-2H3. The van der Waals surface area contributed by atoms with Crippen LogP contribution in [0.5, 0.6) is 5.75 Å². The van der Waals surface area contributed by atoms with Gasteiger partial charge in [0, 0.05) is 48.9 Å². The molecule has 150 valence electrons. The summed E-state index contributed by atoms with van der Waals surface area (Å²) in [6.45, 7) is 4.89. The lowest BCUT2D eigenvalue weighted by Gasteiger charge is -2.11. The molecular weight excluding hydrogens is 421 g/mol. The van der Waals surface area contributed by atoms with Gasteiger partial charge in [0.1, 0.15) is 11.8 Å². The average Bonchev–Trinajstić information content (AvgIpc) is 3.33. The second-order valence-electron chi connectivity index (χ2n) is 5.41. The second-order valence-corrected chi connectivity index (χ2v) is 7.39. The SMILES string of the molecule is CC.CS(=O)NCCn1cc(-c2cn[nH]c2)c2c(OCC#N)cc(Cl)c(Cl)c21. The Morgan fingerprint density at radius 3 is 2.79 bits per heavy atom. The number of H-pyrrole nitrogens is 1. The lowest BCUT2D eigenvalue weighted by molar-refractivity contribution is 0.372. The molecule has 2 aromatic heterocycles. The van der Waals surface area contributed by atoms with Gasteiger partial charge >= 0.3 is 0 Å². The molecule has 1 atom stereocenters. The molecule has 1 aromatic carbocycles. The van der Waals surface area contributed by atoms with Gasteiger partial charge in [0.25, 0.3) is 0 Å². The number of halogens is 2. The van der Waals surface area contributed by atoms with Crippen LogP contribution in [0.4, 0.5) is 0 Å². The first kappa shape index (κ1) is 22.2. The molecule has 0 saturated carbocycles. The van der Waals surface area contributed by atoms with Crippen molar-refractivity contribution in [1.82, 2.24) is 19.5 Å². The van der Waals surface area contributed by atoms with E-state index in [2.05, 4.69) is 14.9 Å². The summed E-state index contributed by atoms with van der Waals surface area (Å²) in [5.41, 5.74) is 2.38. The van der Waals surface area contributed by atoms with Crippen LogP contribution >= 0.6 is 23.2 Å². The van der Waals surface area contributed by atoms with Gasteiger partial charge in [-0.05, 0) is 0 Å². The Labute approximate surface area is 176 Å². The van der Waals surface area contributed by atoms with Crippen LogP contribution in [0.25, 0.3) is 22.0 Å². The van der Waals surface area contributed by atoms with E-state index in [-0.39, 0.29) is 6.61 Å². The summed E-state index contributed by atoms with van der Waals surface area (Å²) < 4.78 is 21.6. The van der Waals surface area contributed by atoms with Crippen molar-refractivity contribution in [1.29, 1.82) is 5.26 Å². The molecule has 0 aliphatic heterocycles. The van der Waals surface area contributed by atoms with Crippen molar-refractivity contribution < 1.29 is 8.95 Å². The summed E-state index contributed by atoms with van der Waals surface area (Å²) in [7, 11) is -1.11. The van der Waals surface area contributed by atoms with Gasteiger partial charge in [-0.15, -0.1) is 0 Å². The van der Waals surface area contributed by atoms with Gasteiger partial charge in [-0.3, -0.25) is 5.10 Å². The highest BCUT2D eigenvalue weighted by atomic mass is 35.5. The van der Waals surface area contributed by atoms with Gasteiger partial charge < -0.3 is 9.30 Å². The monoisotopic (exact) mass is 441 g/mol. The maximum atomic E-state index is 11.3. The molecule has 28 heavy (non-hydrogen) atoms. The molecule has 0 bridgehead atoms. The molecule has 1 unspecified atom stereocenters. The Balaban J connectivity index is 0.00000136. The van der Waals surface area contributed by atoms with E-state index in [0.29, 0.717) is 34.4 Å². The van der Waals surface area contributed by atoms with Crippen molar-refractivity contribution in [2.45, 2.75) is 20.4 Å². The van der Waals surface area contributed by atoms with Crippen LogP contribution in [0.1, 0.15) is 13.8 Å². The number of aromatic amines is 1. The van der Waals surface area contributed by atoms with Crippen LogP contribution in [-0.2, 0) is 17.5 Å². The van der Waals surface area contributed by atoms with Crippen molar-refractivity contribution in [3.8, 4) is 22.9 Å². The molecule has 3 aromatic rings. The first-order valence-electron chi connectivity index (χ1n) is 8.59. The number of benzene rings is 1. The summed E-state index contributed by atoms with van der Waals surface area (Å²) in [5.74, 6) is 0.470. The zero-order valence-corrected chi connectivity index (χ0v) is 18.1. The summed E-state index contributed by atoms with van der Waals surface area (Å²) in [5, 5.41) is 17.1. The smallest absolute Gasteiger partial charge is 0.174 e. The Morgan fingerprint density at radius 2 is 2.18 bits per heavy atom. The Hall–Kier alpha value is -2.05. The zero-order valence-electron chi connectivity index (χ0n) is 15.8. The third kappa shape index (κ3) is 4.86. The Kier molecular flexibility index (Phi) is 8.33. The number of hydrogen-bond acceptors (Lipinski definition) is 4. The Morgan fingerprint density at radius 1 is 1.43 bits per heavy atom. The number of ether oxygens (including phenoxy) is 1. The highest BCUT2D eigenvalue weighted by Gasteiger charge is 2.20. The van der Waals surface area contributed by atoms with Crippen LogP contribution in [0, 0.1) is 11.3 Å². The molecule has 10 heteroatoms. The average molecular weight is 442 g/mol. The van der Waals surface area contributed by atoms with E-state index in [0.717, 1.165) is 16.5 Å². The van der Waals surface area contributed by atoms with Gasteiger partial charge in [-0.2, -0.15) is 10.4 Å². The number of aromatic nitrogens is 3. The maximum absolute atomic E-state index is 11.3. The van der Waals surface area contributed by atoms with Crippen LogP contribution in [-0.4, -0.2) is 38.4 Å². The first-order chi connectivity index (χ1) is 13.5. The summed E-state index contributed by atoms with van der Waals surface area (Å²) >= 11 is 12.7. The van der Waals surface area contributed by atoms with E-state index >= 15 is 0 Å². The number of nitrogens with zero attached hydrogens (tertiary/aromatic N) is 3. The fourth-order valence-electron chi connectivity index (χ4n) is 2.73. The fourth-order valence-corrected chi connectivity index (χ4v) is 3.56. The van der Waals surface area contributed by atoms with Crippen LogP contribution in [0.2, 0.25) is 10.0 Å². The van der Waals surface area contributed by atoms with Crippen LogP contribution in [0.3, 0.4) is 0 Å². The van der Waals surface area contributed by atoms with E-state index in [4.69, 9.17) is 33.2 Å². The minimum Gasteiger partial charge on any atom is -0.478 e. The van der Waals surface area contributed by atoms with E-state index < -0.39 is 11.0 Å². The van der Waals surface area contributed by atoms with Gasteiger partial charge in [0.2, 0.25) is 0 Å². The van der Waals surface area contributed by atoms with Gasteiger partial charge in [0.05, 0.1) is 38.1 Å². The number of nitrogens with one attached hydrogen (secondary N) is 2. The quantitative estimate of drug-likeness (QED) is 0.575. The van der Waals surface area contributed by atoms with Gasteiger partial charge in [-0.25, -0.2) is 8.93 Å². The molecule has 2 N–H and O–H groups in total. The number of hydrogen-bond donors (Lipinski definition) is 2. The molecule has 3 rings (SSSR count). The third-order valence-corrected chi connectivity index (χ3v) is 5.15. The molecule has 0 aliphatic carbocycles. The highest BCUT2D eigenvalue weighted by molar-refractivity contribution is 7.82. The van der Waals surface area contributed by atoms with Gasteiger partial charge in [0.15, 0.2) is 6.61 Å². The van der Waals surface area contributed by atoms with Crippen molar-refractivity contribution in [2.24, 2.45) is 0 Å². The van der Waals surface area contributed by atoms with Crippen LogP contribution < -0.4 is 9.46 Å². The molecule has 0 aliphatic rings. The minimum atomic E-state index is -1.11. The molecule has 0 amide bonds. The molecule has 7 nitrogen and oxygen atoms in total. The molecule has 0 saturated heterocycles. The summed E-state index contributed by atoms with van der Waals surface area (Å²) in [6, 6.07) is 3.56. The largest absolute Gasteiger partial charge is 0.478 e.